The second kappa shape index (κ2) is 5.59. The zero-order chi connectivity index (χ0) is 14.0. The fourth-order valence-corrected chi connectivity index (χ4v) is 4.75. The number of aliphatic hydroxyl groups is 1. The van der Waals surface area contributed by atoms with Crippen molar-refractivity contribution in [1.82, 2.24) is 0 Å². The molecule has 0 spiro atoms. The largest absolute Gasteiger partial charge is 0.392 e. The molecule has 3 atom stereocenters. The Morgan fingerprint density at radius 1 is 1.32 bits per heavy atom. The maximum Gasteiger partial charge on any atom is 0.186 e. The molecule has 0 aromatic heterocycles. The van der Waals surface area contributed by atoms with Crippen molar-refractivity contribution in [3.63, 3.8) is 0 Å². The van der Waals surface area contributed by atoms with E-state index in [0.717, 1.165) is 18.9 Å². The zero-order valence-electron chi connectivity index (χ0n) is 10.9. The summed E-state index contributed by atoms with van der Waals surface area (Å²) in [7, 11) is -3.81. The third-order valence-electron chi connectivity index (χ3n) is 3.98. The number of sulfone groups is 1. The van der Waals surface area contributed by atoms with Crippen LogP contribution in [-0.2, 0) is 9.84 Å². The van der Waals surface area contributed by atoms with Crippen molar-refractivity contribution in [2.24, 2.45) is 5.92 Å². The van der Waals surface area contributed by atoms with Gasteiger partial charge in [0.15, 0.2) is 9.84 Å². The molecular formula is C14H19FO3S. The van der Waals surface area contributed by atoms with Crippen LogP contribution in [0.2, 0.25) is 0 Å². The zero-order valence-corrected chi connectivity index (χ0v) is 11.7. The highest BCUT2D eigenvalue weighted by molar-refractivity contribution is 7.92. The Balaban J connectivity index is 2.36. The van der Waals surface area contributed by atoms with Crippen LogP contribution in [0.25, 0.3) is 0 Å². The lowest BCUT2D eigenvalue weighted by molar-refractivity contribution is 0.111. The molecule has 1 aromatic carbocycles. The summed E-state index contributed by atoms with van der Waals surface area (Å²) in [6, 6.07) is 5.37. The molecule has 0 aliphatic heterocycles. The number of hydrogen-bond donors (Lipinski definition) is 1. The minimum atomic E-state index is -3.81. The van der Waals surface area contributed by atoms with Gasteiger partial charge in [-0.15, -0.1) is 0 Å². The Hall–Kier alpha value is -0.940. The molecule has 0 heterocycles. The Kier molecular flexibility index (Phi) is 4.26. The molecule has 1 aliphatic rings. The highest BCUT2D eigenvalue weighted by Crippen LogP contribution is 2.34. The molecule has 5 heteroatoms. The second-order valence-corrected chi connectivity index (χ2v) is 7.30. The number of hydrogen-bond acceptors (Lipinski definition) is 3. The molecule has 3 nitrogen and oxygen atoms in total. The summed E-state index contributed by atoms with van der Waals surface area (Å²) >= 11 is 0. The van der Waals surface area contributed by atoms with Crippen molar-refractivity contribution in [3.05, 3.63) is 30.1 Å². The van der Waals surface area contributed by atoms with Crippen molar-refractivity contribution in [2.45, 2.75) is 48.9 Å². The third kappa shape index (κ3) is 2.82. The van der Waals surface area contributed by atoms with E-state index >= 15 is 0 Å². The van der Waals surface area contributed by atoms with Crippen molar-refractivity contribution < 1.29 is 17.9 Å². The molecule has 0 saturated heterocycles. The maximum absolute atomic E-state index is 13.7. The van der Waals surface area contributed by atoms with Gasteiger partial charge in [0.2, 0.25) is 0 Å². The van der Waals surface area contributed by atoms with Crippen LogP contribution in [0.5, 0.6) is 0 Å². The first-order valence-electron chi connectivity index (χ1n) is 6.63. The molecule has 0 radical (unpaired) electrons. The Morgan fingerprint density at radius 2 is 2.00 bits per heavy atom. The molecule has 3 unspecified atom stereocenters. The van der Waals surface area contributed by atoms with E-state index in [2.05, 4.69) is 0 Å². The van der Waals surface area contributed by atoms with Gasteiger partial charge in [0, 0.05) is 0 Å². The average Bonchev–Trinajstić information content (AvgIpc) is 2.39. The van der Waals surface area contributed by atoms with Gasteiger partial charge in [0.25, 0.3) is 0 Å². The van der Waals surface area contributed by atoms with Crippen LogP contribution < -0.4 is 0 Å². The molecule has 0 bridgehead atoms. The molecule has 0 amide bonds. The van der Waals surface area contributed by atoms with Gasteiger partial charge in [-0.25, -0.2) is 12.8 Å². The number of aliphatic hydroxyl groups excluding tert-OH is 1. The van der Waals surface area contributed by atoms with Gasteiger partial charge in [-0.3, -0.25) is 0 Å². The SMILES string of the molecule is CCC1CCC(O)C(S(=O)(=O)c2ccccc2F)C1. The Labute approximate surface area is 113 Å². The van der Waals surface area contributed by atoms with E-state index in [4.69, 9.17) is 0 Å². The first kappa shape index (κ1) is 14.5. The van der Waals surface area contributed by atoms with E-state index in [9.17, 15) is 17.9 Å². The highest BCUT2D eigenvalue weighted by Gasteiger charge is 2.39. The minimum absolute atomic E-state index is 0.287. The quantitative estimate of drug-likeness (QED) is 0.929. The van der Waals surface area contributed by atoms with Crippen molar-refractivity contribution in [1.29, 1.82) is 0 Å². The molecule has 1 saturated carbocycles. The van der Waals surface area contributed by atoms with Crippen LogP contribution >= 0.6 is 0 Å². The molecule has 1 fully saturated rings. The van der Waals surface area contributed by atoms with E-state index in [1.165, 1.54) is 18.2 Å². The van der Waals surface area contributed by atoms with Crippen LogP contribution in [0.3, 0.4) is 0 Å². The van der Waals surface area contributed by atoms with Gasteiger partial charge in [-0.1, -0.05) is 25.5 Å². The molecule has 19 heavy (non-hydrogen) atoms. The smallest absolute Gasteiger partial charge is 0.186 e. The summed E-state index contributed by atoms with van der Waals surface area (Å²) in [5, 5.41) is 9.08. The van der Waals surface area contributed by atoms with Gasteiger partial charge in [-0.05, 0) is 37.3 Å². The monoisotopic (exact) mass is 286 g/mol. The van der Waals surface area contributed by atoms with E-state index in [1.807, 2.05) is 6.92 Å². The lowest BCUT2D eigenvalue weighted by atomic mass is 9.85. The number of benzene rings is 1. The Bertz CT molecular complexity index is 541. The summed E-state index contributed by atoms with van der Waals surface area (Å²) in [6.07, 6.45) is 1.70. The van der Waals surface area contributed by atoms with Crippen LogP contribution in [-0.4, -0.2) is 24.9 Å². The summed E-state index contributed by atoms with van der Waals surface area (Å²) in [5.41, 5.74) is 0. The lowest BCUT2D eigenvalue weighted by Crippen LogP contribution is -2.40. The normalized spacial score (nSPS) is 28.3. The predicted octanol–water partition coefficient (Wildman–Crippen LogP) is 2.54. The Morgan fingerprint density at radius 3 is 2.63 bits per heavy atom. The summed E-state index contributed by atoms with van der Waals surface area (Å²) in [6.45, 7) is 2.01. The van der Waals surface area contributed by atoms with Gasteiger partial charge >= 0.3 is 0 Å². The van der Waals surface area contributed by atoms with E-state index in [-0.39, 0.29) is 10.8 Å². The molecule has 1 aliphatic carbocycles. The summed E-state index contributed by atoms with van der Waals surface area (Å²) in [5.74, 6) is -0.455. The molecule has 2 rings (SSSR count). The number of halogens is 1. The van der Waals surface area contributed by atoms with E-state index in [0.29, 0.717) is 12.8 Å². The van der Waals surface area contributed by atoms with Crippen molar-refractivity contribution in [3.8, 4) is 0 Å². The van der Waals surface area contributed by atoms with E-state index < -0.39 is 27.0 Å². The van der Waals surface area contributed by atoms with Crippen LogP contribution in [0, 0.1) is 11.7 Å². The third-order valence-corrected chi connectivity index (χ3v) is 6.23. The first-order chi connectivity index (χ1) is 8.96. The van der Waals surface area contributed by atoms with Gasteiger partial charge in [-0.2, -0.15) is 0 Å². The average molecular weight is 286 g/mol. The topological polar surface area (TPSA) is 54.4 Å². The molecular weight excluding hydrogens is 267 g/mol. The van der Waals surface area contributed by atoms with Crippen molar-refractivity contribution in [2.75, 3.05) is 0 Å². The number of rotatable bonds is 3. The van der Waals surface area contributed by atoms with Crippen molar-refractivity contribution >= 4 is 9.84 Å². The summed E-state index contributed by atoms with van der Waals surface area (Å²) in [4.78, 5) is -0.296. The standard InChI is InChI=1S/C14H19FO3S/c1-2-10-7-8-12(16)14(9-10)19(17,18)13-6-4-3-5-11(13)15/h3-6,10,12,14,16H,2,7-9H2,1H3. The fourth-order valence-electron chi connectivity index (χ4n) is 2.74. The van der Waals surface area contributed by atoms with Crippen LogP contribution in [0.1, 0.15) is 32.6 Å². The first-order valence-corrected chi connectivity index (χ1v) is 8.18. The van der Waals surface area contributed by atoms with Gasteiger partial charge in [0.05, 0.1) is 11.4 Å². The van der Waals surface area contributed by atoms with Crippen LogP contribution in [0.4, 0.5) is 4.39 Å². The van der Waals surface area contributed by atoms with Crippen LogP contribution in [0.15, 0.2) is 29.2 Å². The van der Waals surface area contributed by atoms with Gasteiger partial charge < -0.3 is 5.11 Å². The predicted molar refractivity (Wildman–Crippen MR) is 71.0 cm³/mol. The molecule has 1 N–H and O–H groups in total. The minimum Gasteiger partial charge on any atom is -0.392 e. The molecule has 106 valence electrons. The fraction of sp³-hybridized carbons (Fsp3) is 0.571. The second-order valence-electron chi connectivity index (χ2n) is 5.17. The highest BCUT2D eigenvalue weighted by atomic mass is 32.2. The van der Waals surface area contributed by atoms with Gasteiger partial charge in [0.1, 0.15) is 10.7 Å². The lowest BCUT2D eigenvalue weighted by Gasteiger charge is -2.32. The van der Waals surface area contributed by atoms with E-state index in [1.54, 1.807) is 0 Å². The summed E-state index contributed by atoms with van der Waals surface area (Å²) < 4.78 is 38.6. The maximum atomic E-state index is 13.7. The molecule has 1 aromatic rings.